The predicted octanol–water partition coefficient (Wildman–Crippen LogP) is 2.69. The normalized spacial score (nSPS) is 23.3. The first-order valence-electron chi connectivity index (χ1n) is 7.12. The van der Waals surface area contributed by atoms with Crippen molar-refractivity contribution in [3.8, 4) is 0 Å². The molecule has 1 aromatic carbocycles. The van der Waals surface area contributed by atoms with E-state index in [-0.39, 0.29) is 12.1 Å². The van der Waals surface area contributed by atoms with Crippen molar-refractivity contribution in [1.82, 2.24) is 5.32 Å². The maximum Gasteiger partial charge on any atom is 0.151 e. The second-order valence-electron chi connectivity index (χ2n) is 5.37. The summed E-state index contributed by atoms with van der Waals surface area (Å²) in [7, 11) is -2.81. The number of nitrogens with one attached hydrogen (secondary N) is 1. The first-order chi connectivity index (χ1) is 9.11. The molecule has 1 aliphatic heterocycles. The van der Waals surface area contributed by atoms with Crippen LogP contribution in [0.25, 0.3) is 0 Å². The summed E-state index contributed by atoms with van der Waals surface area (Å²) in [5.74, 6) is 0.627. The van der Waals surface area contributed by atoms with Gasteiger partial charge in [0.15, 0.2) is 9.84 Å². The van der Waals surface area contributed by atoms with Crippen LogP contribution in [0, 0.1) is 0 Å². The summed E-state index contributed by atoms with van der Waals surface area (Å²) in [5, 5.41) is 3.54. The van der Waals surface area contributed by atoms with Crippen LogP contribution in [0.2, 0.25) is 0 Å². The van der Waals surface area contributed by atoms with Crippen molar-refractivity contribution in [3.05, 3.63) is 35.9 Å². The van der Waals surface area contributed by atoms with E-state index in [0.29, 0.717) is 11.5 Å². The molecule has 0 spiro atoms. The van der Waals surface area contributed by atoms with Crippen LogP contribution in [-0.4, -0.2) is 26.0 Å². The Bertz CT molecular complexity index is 484. The molecule has 0 radical (unpaired) electrons. The van der Waals surface area contributed by atoms with E-state index in [9.17, 15) is 8.42 Å². The second-order valence-corrected chi connectivity index (χ2v) is 7.60. The highest BCUT2D eigenvalue weighted by Gasteiger charge is 2.29. The van der Waals surface area contributed by atoms with Crippen molar-refractivity contribution >= 4 is 9.84 Å². The third kappa shape index (κ3) is 4.32. The van der Waals surface area contributed by atoms with Crippen LogP contribution in [-0.2, 0) is 9.84 Å². The zero-order valence-electron chi connectivity index (χ0n) is 11.5. The zero-order chi connectivity index (χ0) is 13.7. The van der Waals surface area contributed by atoms with E-state index in [1.54, 1.807) is 0 Å². The fourth-order valence-electron chi connectivity index (χ4n) is 2.65. The maximum atomic E-state index is 11.5. The fraction of sp³-hybridized carbons (Fsp3) is 0.600. The molecule has 1 aliphatic rings. The van der Waals surface area contributed by atoms with Crippen molar-refractivity contribution in [2.24, 2.45) is 0 Å². The summed E-state index contributed by atoms with van der Waals surface area (Å²) >= 11 is 0. The summed E-state index contributed by atoms with van der Waals surface area (Å²) in [6.45, 7) is 2.18. The lowest BCUT2D eigenvalue weighted by Gasteiger charge is -2.22. The molecule has 1 fully saturated rings. The first-order valence-corrected chi connectivity index (χ1v) is 8.94. The van der Waals surface area contributed by atoms with Crippen LogP contribution >= 0.6 is 0 Å². The predicted molar refractivity (Wildman–Crippen MR) is 78.9 cm³/mol. The Labute approximate surface area is 116 Å². The number of hydrogen-bond acceptors (Lipinski definition) is 3. The molecule has 0 bridgehead atoms. The Balaban J connectivity index is 2.02. The summed E-state index contributed by atoms with van der Waals surface area (Å²) in [5.41, 5.74) is 1.26. The average molecular weight is 281 g/mol. The average Bonchev–Trinajstić information content (AvgIpc) is 2.75. The zero-order valence-corrected chi connectivity index (χ0v) is 12.3. The molecule has 106 valence electrons. The van der Waals surface area contributed by atoms with E-state index in [2.05, 4.69) is 24.4 Å². The van der Waals surface area contributed by atoms with Gasteiger partial charge in [-0.25, -0.2) is 8.42 Å². The fourth-order valence-corrected chi connectivity index (χ4v) is 4.34. The van der Waals surface area contributed by atoms with Crippen LogP contribution in [0.5, 0.6) is 0 Å². The highest BCUT2D eigenvalue weighted by molar-refractivity contribution is 7.91. The minimum Gasteiger partial charge on any atom is -0.306 e. The molecule has 0 aromatic heterocycles. The third-order valence-corrected chi connectivity index (χ3v) is 5.49. The van der Waals surface area contributed by atoms with Gasteiger partial charge in [0, 0.05) is 12.1 Å². The van der Waals surface area contributed by atoms with Gasteiger partial charge in [0.25, 0.3) is 0 Å². The number of benzene rings is 1. The maximum absolute atomic E-state index is 11.5. The van der Waals surface area contributed by atoms with Gasteiger partial charge >= 0.3 is 0 Å². The van der Waals surface area contributed by atoms with Gasteiger partial charge in [-0.3, -0.25) is 0 Å². The first kappa shape index (κ1) is 14.5. The summed E-state index contributed by atoms with van der Waals surface area (Å²) in [6.07, 6.45) is 4.13. The Hall–Kier alpha value is -0.870. The largest absolute Gasteiger partial charge is 0.306 e. The van der Waals surface area contributed by atoms with Crippen LogP contribution in [0.15, 0.2) is 30.3 Å². The standard InChI is InChI=1S/C15H23NO2S/c1-2-3-9-15(13-7-5-4-6-8-13)16-14-10-11-19(17,18)12-14/h4-8,14-16H,2-3,9-12H2,1H3. The number of sulfone groups is 1. The number of hydrogen-bond donors (Lipinski definition) is 1. The lowest BCUT2D eigenvalue weighted by Crippen LogP contribution is -2.33. The molecule has 1 saturated heterocycles. The molecule has 3 nitrogen and oxygen atoms in total. The SMILES string of the molecule is CCCCC(NC1CCS(=O)(=O)C1)c1ccccc1. The van der Waals surface area contributed by atoms with Gasteiger partial charge in [-0.15, -0.1) is 0 Å². The molecule has 0 saturated carbocycles. The van der Waals surface area contributed by atoms with Gasteiger partial charge in [-0.05, 0) is 18.4 Å². The third-order valence-electron chi connectivity index (χ3n) is 3.72. The minimum atomic E-state index is -2.81. The van der Waals surface area contributed by atoms with Gasteiger partial charge in [-0.1, -0.05) is 50.1 Å². The molecular weight excluding hydrogens is 258 g/mol. The summed E-state index contributed by atoms with van der Waals surface area (Å²) in [6, 6.07) is 10.7. The van der Waals surface area contributed by atoms with E-state index >= 15 is 0 Å². The second kappa shape index (κ2) is 6.53. The smallest absolute Gasteiger partial charge is 0.151 e. The molecule has 2 unspecified atom stereocenters. The van der Waals surface area contributed by atoms with Crippen molar-refractivity contribution in [1.29, 1.82) is 0 Å². The molecule has 1 heterocycles. The topological polar surface area (TPSA) is 46.2 Å². The lowest BCUT2D eigenvalue weighted by atomic mass is 10.00. The Morgan fingerprint density at radius 1 is 1.32 bits per heavy atom. The van der Waals surface area contributed by atoms with Crippen molar-refractivity contribution < 1.29 is 8.42 Å². The molecule has 4 heteroatoms. The van der Waals surface area contributed by atoms with E-state index in [0.717, 1.165) is 25.7 Å². The van der Waals surface area contributed by atoms with Gasteiger partial charge in [-0.2, -0.15) is 0 Å². The van der Waals surface area contributed by atoms with E-state index in [1.807, 2.05) is 18.2 Å². The van der Waals surface area contributed by atoms with Gasteiger partial charge in [0.1, 0.15) is 0 Å². The van der Waals surface area contributed by atoms with Crippen LogP contribution in [0.3, 0.4) is 0 Å². The number of unbranched alkanes of at least 4 members (excludes halogenated alkanes) is 1. The minimum absolute atomic E-state index is 0.118. The van der Waals surface area contributed by atoms with Crippen LogP contribution < -0.4 is 5.32 Å². The molecule has 2 atom stereocenters. The van der Waals surface area contributed by atoms with Crippen molar-refractivity contribution in [2.75, 3.05) is 11.5 Å². The summed E-state index contributed by atoms with van der Waals surface area (Å²) in [4.78, 5) is 0. The van der Waals surface area contributed by atoms with Crippen LogP contribution in [0.4, 0.5) is 0 Å². The van der Waals surface area contributed by atoms with E-state index in [1.165, 1.54) is 5.56 Å². The van der Waals surface area contributed by atoms with Gasteiger partial charge in [0.2, 0.25) is 0 Å². The monoisotopic (exact) mass is 281 g/mol. The molecule has 0 aliphatic carbocycles. The van der Waals surface area contributed by atoms with Crippen LogP contribution in [0.1, 0.15) is 44.2 Å². The van der Waals surface area contributed by atoms with Crippen molar-refractivity contribution in [3.63, 3.8) is 0 Å². The van der Waals surface area contributed by atoms with Gasteiger partial charge in [0.05, 0.1) is 11.5 Å². The lowest BCUT2D eigenvalue weighted by molar-refractivity contribution is 0.427. The van der Waals surface area contributed by atoms with Gasteiger partial charge < -0.3 is 5.32 Å². The quantitative estimate of drug-likeness (QED) is 0.872. The van der Waals surface area contributed by atoms with E-state index in [4.69, 9.17) is 0 Å². The molecule has 1 N–H and O–H groups in total. The highest BCUT2D eigenvalue weighted by Crippen LogP contribution is 2.22. The molecule has 19 heavy (non-hydrogen) atoms. The number of rotatable bonds is 6. The Morgan fingerprint density at radius 2 is 2.05 bits per heavy atom. The summed E-state index contributed by atoms with van der Waals surface area (Å²) < 4.78 is 23.1. The molecule has 2 rings (SSSR count). The Morgan fingerprint density at radius 3 is 2.63 bits per heavy atom. The molecule has 0 amide bonds. The molecular formula is C15H23NO2S. The molecule has 1 aromatic rings. The van der Waals surface area contributed by atoms with E-state index < -0.39 is 9.84 Å². The highest BCUT2D eigenvalue weighted by atomic mass is 32.2. The van der Waals surface area contributed by atoms with Crippen molar-refractivity contribution in [2.45, 2.75) is 44.7 Å². The Kier molecular flexibility index (Phi) is 4.99.